The lowest BCUT2D eigenvalue weighted by atomic mass is 9.72. The number of carbonyl (C=O) groups is 2. The third-order valence-electron chi connectivity index (χ3n) is 7.20. The van der Waals surface area contributed by atoms with Crippen LogP contribution in [0, 0.1) is 18.8 Å². The summed E-state index contributed by atoms with van der Waals surface area (Å²) in [5, 5.41) is 12.3. The molecule has 4 atom stereocenters. The number of carbonyl (C=O) groups excluding carboxylic acids is 1. The SMILES string of the molecule is Cc1ccccc1C(=O)NC[C@H]1[C@H]2C[C@H](CN(CCC(=O)O)C2)[C@@H]2CCCCN21. The Morgan fingerprint density at radius 3 is 2.76 bits per heavy atom. The summed E-state index contributed by atoms with van der Waals surface area (Å²) in [4.78, 5) is 28.8. The molecule has 6 heteroatoms. The number of hydrogen-bond acceptors (Lipinski definition) is 4. The number of carboxylic acid groups (broad SMARTS) is 1. The monoisotopic (exact) mass is 399 g/mol. The highest BCUT2D eigenvalue weighted by Gasteiger charge is 2.46. The number of benzene rings is 1. The summed E-state index contributed by atoms with van der Waals surface area (Å²) >= 11 is 0. The summed E-state index contributed by atoms with van der Waals surface area (Å²) in [6.07, 6.45) is 5.16. The first-order valence-corrected chi connectivity index (χ1v) is 11.1. The number of aryl methyl sites for hydroxylation is 1. The van der Waals surface area contributed by atoms with Crippen molar-refractivity contribution in [2.24, 2.45) is 11.8 Å². The van der Waals surface area contributed by atoms with E-state index in [0.717, 1.165) is 30.8 Å². The Kier molecular flexibility index (Phi) is 6.20. The van der Waals surface area contributed by atoms with E-state index < -0.39 is 5.97 Å². The van der Waals surface area contributed by atoms with Crippen LogP contribution in [0.3, 0.4) is 0 Å². The number of aliphatic carboxylic acids is 1. The molecule has 3 saturated heterocycles. The lowest BCUT2D eigenvalue weighted by molar-refractivity contribution is -0.138. The van der Waals surface area contributed by atoms with Crippen molar-refractivity contribution in [2.75, 3.05) is 32.7 Å². The average molecular weight is 400 g/mol. The molecule has 0 radical (unpaired) electrons. The Labute approximate surface area is 173 Å². The molecule has 0 aliphatic carbocycles. The van der Waals surface area contributed by atoms with Gasteiger partial charge in [0.15, 0.2) is 0 Å². The zero-order valence-corrected chi connectivity index (χ0v) is 17.3. The van der Waals surface area contributed by atoms with Gasteiger partial charge >= 0.3 is 5.97 Å². The average Bonchev–Trinajstić information content (AvgIpc) is 2.72. The first-order chi connectivity index (χ1) is 14.0. The molecule has 0 unspecified atom stereocenters. The fourth-order valence-electron chi connectivity index (χ4n) is 5.84. The van der Waals surface area contributed by atoms with E-state index in [0.29, 0.717) is 37.0 Å². The first-order valence-electron chi connectivity index (χ1n) is 11.1. The summed E-state index contributed by atoms with van der Waals surface area (Å²) in [5.74, 6) is 0.416. The smallest absolute Gasteiger partial charge is 0.304 e. The van der Waals surface area contributed by atoms with Crippen LogP contribution in [-0.4, -0.2) is 71.6 Å². The quantitative estimate of drug-likeness (QED) is 0.768. The molecule has 3 fully saturated rings. The van der Waals surface area contributed by atoms with Gasteiger partial charge < -0.3 is 15.3 Å². The standard InChI is InChI=1S/C23H33N3O3/c1-16-6-2-3-7-19(16)23(29)24-13-21-18-12-17(20-8-4-5-10-26(20)21)14-25(15-18)11-9-22(27)28/h2-3,6-7,17-18,20-21H,4-5,8-15H2,1H3,(H,24,29)(H,27,28)/t17-,18+,20+,21+/m1/s1. The summed E-state index contributed by atoms with van der Waals surface area (Å²) < 4.78 is 0. The summed E-state index contributed by atoms with van der Waals surface area (Å²) in [6, 6.07) is 8.65. The van der Waals surface area contributed by atoms with Gasteiger partial charge in [0.1, 0.15) is 0 Å². The van der Waals surface area contributed by atoms with Crippen LogP contribution in [0.5, 0.6) is 0 Å². The molecular formula is C23H33N3O3. The van der Waals surface area contributed by atoms with Gasteiger partial charge in [-0.15, -0.1) is 0 Å². The molecule has 3 aliphatic heterocycles. The van der Waals surface area contributed by atoms with Gasteiger partial charge in [-0.3, -0.25) is 14.5 Å². The van der Waals surface area contributed by atoms with E-state index in [4.69, 9.17) is 5.11 Å². The van der Waals surface area contributed by atoms with E-state index in [1.165, 1.54) is 25.7 Å². The van der Waals surface area contributed by atoms with Crippen LogP contribution >= 0.6 is 0 Å². The van der Waals surface area contributed by atoms with Gasteiger partial charge in [-0.25, -0.2) is 0 Å². The topological polar surface area (TPSA) is 72.9 Å². The summed E-state index contributed by atoms with van der Waals surface area (Å²) in [7, 11) is 0. The normalized spacial score (nSPS) is 29.8. The molecule has 4 rings (SSSR count). The molecule has 2 N–H and O–H groups in total. The maximum atomic E-state index is 12.8. The highest BCUT2D eigenvalue weighted by molar-refractivity contribution is 5.95. The van der Waals surface area contributed by atoms with Crippen LogP contribution in [-0.2, 0) is 4.79 Å². The Morgan fingerprint density at radius 1 is 1.17 bits per heavy atom. The number of carboxylic acids is 1. The molecule has 3 aliphatic rings. The highest BCUT2D eigenvalue weighted by Crippen LogP contribution is 2.41. The van der Waals surface area contributed by atoms with Gasteiger partial charge in [-0.05, 0) is 56.2 Å². The van der Waals surface area contributed by atoms with Gasteiger partial charge in [0, 0.05) is 43.8 Å². The number of likely N-dealkylation sites (tertiary alicyclic amines) is 1. The molecule has 2 bridgehead atoms. The number of fused-ring (bicyclic) bond motifs is 4. The van der Waals surface area contributed by atoms with E-state index in [-0.39, 0.29) is 12.3 Å². The number of nitrogens with one attached hydrogen (secondary N) is 1. The largest absolute Gasteiger partial charge is 0.481 e. The third kappa shape index (κ3) is 4.48. The maximum Gasteiger partial charge on any atom is 0.304 e. The second kappa shape index (κ2) is 8.84. The van der Waals surface area contributed by atoms with E-state index in [2.05, 4.69) is 15.1 Å². The number of rotatable bonds is 6. The van der Waals surface area contributed by atoms with Crippen molar-refractivity contribution in [3.8, 4) is 0 Å². The predicted molar refractivity (Wildman–Crippen MR) is 112 cm³/mol. The molecule has 1 aromatic carbocycles. The second-order valence-corrected chi connectivity index (χ2v) is 9.05. The van der Waals surface area contributed by atoms with Crippen molar-refractivity contribution in [3.63, 3.8) is 0 Å². The zero-order chi connectivity index (χ0) is 20.4. The van der Waals surface area contributed by atoms with E-state index in [1.54, 1.807) is 0 Å². The van der Waals surface area contributed by atoms with E-state index in [9.17, 15) is 9.59 Å². The Balaban J connectivity index is 1.46. The van der Waals surface area contributed by atoms with Gasteiger partial charge in [0.2, 0.25) is 0 Å². The highest BCUT2D eigenvalue weighted by atomic mass is 16.4. The summed E-state index contributed by atoms with van der Waals surface area (Å²) in [6.45, 7) is 6.37. The predicted octanol–water partition coefficient (Wildman–Crippen LogP) is 2.37. The third-order valence-corrected chi connectivity index (χ3v) is 7.20. The maximum absolute atomic E-state index is 12.8. The van der Waals surface area contributed by atoms with Crippen LogP contribution in [0.15, 0.2) is 24.3 Å². The first kappa shape index (κ1) is 20.4. The van der Waals surface area contributed by atoms with Crippen LogP contribution in [0.2, 0.25) is 0 Å². The minimum Gasteiger partial charge on any atom is -0.481 e. The van der Waals surface area contributed by atoms with Crippen LogP contribution < -0.4 is 5.32 Å². The summed E-state index contributed by atoms with van der Waals surface area (Å²) in [5.41, 5.74) is 1.75. The fraction of sp³-hybridized carbons (Fsp3) is 0.652. The van der Waals surface area contributed by atoms with Crippen molar-refractivity contribution in [1.29, 1.82) is 0 Å². The molecule has 0 aromatic heterocycles. The number of amides is 1. The van der Waals surface area contributed by atoms with Crippen molar-refractivity contribution < 1.29 is 14.7 Å². The molecular weight excluding hydrogens is 366 g/mol. The lowest BCUT2D eigenvalue weighted by Crippen LogP contribution is -2.65. The molecule has 158 valence electrons. The molecule has 0 spiro atoms. The van der Waals surface area contributed by atoms with Gasteiger partial charge in [-0.1, -0.05) is 24.6 Å². The minimum absolute atomic E-state index is 0.0114. The van der Waals surface area contributed by atoms with Crippen molar-refractivity contribution in [2.45, 2.75) is 51.1 Å². The minimum atomic E-state index is -0.720. The fourth-order valence-corrected chi connectivity index (χ4v) is 5.84. The van der Waals surface area contributed by atoms with Crippen LogP contribution in [0.1, 0.15) is 48.0 Å². The molecule has 29 heavy (non-hydrogen) atoms. The van der Waals surface area contributed by atoms with Crippen molar-refractivity contribution in [1.82, 2.24) is 15.1 Å². The van der Waals surface area contributed by atoms with E-state index in [1.807, 2.05) is 31.2 Å². The van der Waals surface area contributed by atoms with Crippen LogP contribution in [0.4, 0.5) is 0 Å². The number of piperidine rings is 3. The van der Waals surface area contributed by atoms with Gasteiger partial charge in [0.05, 0.1) is 6.42 Å². The van der Waals surface area contributed by atoms with E-state index >= 15 is 0 Å². The number of hydrogen-bond donors (Lipinski definition) is 2. The Bertz CT molecular complexity index is 753. The van der Waals surface area contributed by atoms with Crippen LogP contribution in [0.25, 0.3) is 0 Å². The van der Waals surface area contributed by atoms with Crippen molar-refractivity contribution in [3.05, 3.63) is 35.4 Å². The van der Waals surface area contributed by atoms with Crippen molar-refractivity contribution >= 4 is 11.9 Å². The molecule has 0 saturated carbocycles. The Morgan fingerprint density at radius 2 is 1.97 bits per heavy atom. The zero-order valence-electron chi connectivity index (χ0n) is 17.3. The van der Waals surface area contributed by atoms with Gasteiger partial charge in [0.25, 0.3) is 5.91 Å². The van der Waals surface area contributed by atoms with Gasteiger partial charge in [-0.2, -0.15) is 0 Å². The second-order valence-electron chi connectivity index (χ2n) is 9.05. The lowest BCUT2D eigenvalue weighted by Gasteiger charge is -2.57. The number of nitrogens with zero attached hydrogens (tertiary/aromatic N) is 2. The molecule has 1 amide bonds. The molecule has 6 nitrogen and oxygen atoms in total. The molecule has 3 heterocycles. The molecule has 1 aromatic rings. The Hall–Kier alpha value is -1.92.